The van der Waals surface area contributed by atoms with Crippen molar-refractivity contribution in [1.82, 2.24) is 5.32 Å². The van der Waals surface area contributed by atoms with Crippen LogP contribution in [0, 0.1) is 0 Å². The summed E-state index contributed by atoms with van der Waals surface area (Å²) in [5, 5.41) is 13.7. The van der Waals surface area contributed by atoms with Crippen molar-refractivity contribution >= 4 is 5.91 Å². The van der Waals surface area contributed by atoms with Gasteiger partial charge < -0.3 is 20.9 Å². The van der Waals surface area contributed by atoms with Gasteiger partial charge in [0, 0.05) is 12.5 Å². The zero-order valence-corrected chi connectivity index (χ0v) is 17.4. The molecule has 4 N–H and O–H groups in total. The summed E-state index contributed by atoms with van der Waals surface area (Å²) < 4.78 is 5.09. The third-order valence-corrected chi connectivity index (χ3v) is 6.02. The molecule has 0 aromatic heterocycles. The summed E-state index contributed by atoms with van der Waals surface area (Å²) in [5.74, 6) is -0.129. The van der Waals surface area contributed by atoms with Gasteiger partial charge in [0.1, 0.15) is 11.1 Å². The van der Waals surface area contributed by atoms with Crippen molar-refractivity contribution in [3.63, 3.8) is 0 Å². The molecule has 160 valence electrons. The first-order chi connectivity index (χ1) is 15.0. The van der Waals surface area contributed by atoms with Crippen LogP contribution in [0.25, 0.3) is 0 Å². The zero-order valence-electron chi connectivity index (χ0n) is 17.4. The van der Waals surface area contributed by atoms with Gasteiger partial charge in [-0.3, -0.25) is 4.79 Å². The van der Waals surface area contributed by atoms with Crippen molar-refractivity contribution in [3.05, 3.63) is 108 Å². The standard InChI is InChI=1S/C26H28N2O3/c27-23(25(30)18-31-19-25)16-17-24(29)28-26(20-10-4-1-5-11-20,21-12-6-2-7-13-21)22-14-8-3-9-15-22/h1-15,23,30H,16-19,27H2,(H,28,29). The quantitative estimate of drug-likeness (QED) is 0.493. The van der Waals surface area contributed by atoms with Gasteiger partial charge in [-0.1, -0.05) is 91.0 Å². The van der Waals surface area contributed by atoms with Crippen LogP contribution in [0.15, 0.2) is 91.0 Å². The van der Waals surface area contributed by atoms with E-state index < -0.39 is 17.2 Å². The van der Waals surface area contributed by atoms with Gasteiger partial charge in [0.2, 0.25) is 5.91 Å². The highest BCUT2D eigenvalue weighted by atomic mass is 16.5. The molecule has 1 amide bonds. The summed E-state index contributed by atoms with van der Waals surface area (Å²) in [6.45, 7) is 0.440. The fourth-order valence-electron chi connectivity index (χ4n) is 4.13. The Hall–Kier alpha value is -2.99. The summed E-state index contributed by atoms with van der Waals surface area (Å²) in [4.78, 5) is 13.2. The van der Waals surface area contributed by atoms with Crippen molar-refractivity contribution in [2.45, 2.75) is 30.0 Å². The Kier molecular flexibility index (Phi) is 6.18. The Bertz CT molecular complexity index is 892. The van der Waals surface area contributed by atoms with E-state index in [1.807, 2.05) is 91.0 Å². The Labute approximate surface area is 182 Å². The number of nitrogens with two attached hydrogens (primary N) is 1. The van der Waals surface area contributed by atoms with Gasteiger partial charge in [-0.2, -0.15) is 0 Å². The minimum atomic E-state index is -1.03. The van der Waals surface area contributed by atoms with Crippen molar-refractivity contribution in [2.75, 3.05) is 13.2 Å². The van der Waals surface area contributed by atoms with Crippen LogP contribution in [0.1, 0.15) is 29.5 Å². The summed E-state index contributed by atoms with van der Waals surface area (Å²) in [6.07, 6.45) is 0.581. The van der Waals surface area contributed by atoms with Crippen LogP contribution in [-0.4, -0.2) is 35.9 Å². The van der Waals surface area contributed by atoms with Gasteiger partial charge in [-0.05, 0) is 23.1 Å². The maximum Gasteiger partial charge on any atom is 0.221 e. The van der Waals surface area contributed by atoms with E-state index in [0.717, 1.165) is 16.7 Å². The van der Waals surface area contributed by atoms with E-state index >= 15 is 0 Å². The van der Waals surface area contributed by atoms with Gasteiger partial charge in [-0.25, -0.2) is 0 Å². The van der Waals surface area contributed by atoms with Crippen molar-refractivity contribution < 1.29 is 14.6 Å². The number of nitrogens with one attached hydrogen (secondary N) is 1. The Balaban J connectivity index is 1.69. The lowest BCUT2D eigenvalue weighted by molar-refractivity contribution is -0.190. The first kappa shape index (κ1) is 21.2. The van der Waals surface area contributed by atoms with Crippen LogP contribution >= 0.6 is 0 Å². The SMILES string of the molecule is NC(CCC(=O)NC(c1ccccc1)(c1ccccc1)c1ccccc1)C1(O)COC1. The number of amides is 1. The Morgan fingerprint density at radius 1 is 0.903 bits per heavy atom. The van der Waals surface area contributed by atoms with E-state index in [0.29, 0.717) is 6.42 Å². The van der Waals surface area contributed by atoms with Crippen molar-refractivity contribution in [2.24, 2.45) is 5.73 Å². The van der Waals surface area contributed by atoms with Crippen LogP contribution in [0.4, 0.5) is 0 Å². The van der Waals surface area contributed by atoms with Crippen molar-refractivity contribution in [3.8, 4) is 0 Å². The Morgan fingerprint density at radius 3 is 1.68 bits per heavy atom. The topological polar surface area (TPSA) is 84.6 Å². The molecule has 1 saturated heterocycles. The average Bonchev–Trinajstić information content (AvgIpc) is 2.81. The molecular formula is C26H28N2O3. The summed E-state index contributed by atoms with van der Waals surface area (Å²) in [7, 11) is 0. The number of hydrogen-bond acceptors (Lipinski definition) is 4. The second-order valence-corrected chi connectivity index (χ2v) is 8.14. The molecule has 1 aliphatic rings. The molecule has 5 heteroatoms. The van der Waals surface area contributed by atoms with Gasteiger partial charge in [0.25, 0.3) is 0 Å². The molecule has 0 saturated carbocycles. The second kappa shape index (κ2) is 9.02. The highest BCUT2D eigenvalue weighted by Crippen LogP contribution is 2.37. The predicted octanol–water partition coefficient (Wildman–Crippen LogP) is 2.96. The minimum Gasteiger partial charge on any atom is -0.383 e. The number of benzene rings is 3. The molecule has 0 bridgehead atoms. The minimum absolute atomic E-state index is 0.129. The molecule has 5 nitrogen and oxygen atoms in total. The van der Waals surface area contributed by atoms with E-state index in [1.54, 1.807) is 0 Å². The van der Waals surface area contributed by atoms with E-state index in [4.69, 9.17) is 10.5 Å². The molecule has 1 heterocycles. The van der Waals surface area contributed by atoms with Crippen LogP contribution in [0.2, 0.25) is 0 Å². The number of carbonyl (C=O) groups is 1. The lowest BCUT2D eigenvalue weighted by Gasteiger charge is -2.41. The molecule has 0 aliphatic carbocycles. The smallest absolute Gasteiger partial charge is 0.221 e. The highest BCUT2D eigenvalue weighted by molar-refractivity contribution is 5.79. The van der Waals surface area contributed by atoms with Gasteiger partial charge in [0.05, 0.1) is 13.2 Å². The normalized spacial score (nSPS) is 16.2. The fraction of sp³-hybridized carbons (Fsp3) is 0.269. The number of ether oxygens (including phenoxy) is 1. The van der Waals surface area contributed by atoms with Gasteiger partial charge in [-0.15, -0.1) is 0 Å². The van der Waals surface area contributed by atoms with E-state index in [-0.39, 0.29) is 25.5 Å². The van der Waals surface area contributed by atoms with Gasteiger partial charge in [0.15, 0.2) is 0 Å². The summed E-state index contributed by atoms with van der Waals surface area (Å²) in [5.41, 5.74) is 7.18. The number of rotatable bonds is 8. The van der Waals surface area contributed by atoms with E-state index in [1.165, 1.54) is 0 Å². The second-order valence-electron chi connectivity index (χ2n) is 8.14. The lowest BCUT2D eigenvalue weighted by atomic mass is 9.76. The molecule has 1 unspecified atom stereocenters. The number of aliphatic hydroxyl groups is 1. The average molecular weight is 417 g/mol. The predicted molar refractivity (Wildman–Crippen MR) is 120 cm³/mol. The fourth-order valence-corrected chi connectivity index (χ4v) is 4.13. The lowest BCUT2D eigenvalue weighted by Crippen LogP contribution is -2.61. The zero-order chi connectivity index (χ0) is 21.7. The number of carbonyl (C=O) groups excluding carboxylic acids is 1. The first-order valence-electron chi connectivity index (χ1n) is 10.6. The van der Waals surface area contributed by atoms with Crippen molar-refractivity contribution in [1.29, 1.82) is 0 Å². The molecule has 0 spiro atoms. The number of hydrogen-bond donors (Lipinski definition) is 3. The van der Waals surface area contributed by atoms with Crippen LogP contribution in [0.5, 0.6) is 0 Å². The molecule has 3 aromatic rings. The summed E-state index contributed by atoms with van der Waals surface area (Å²) >= 11 is 0. The van der Waals surface area contributed by atoms with E-state index in [9.17, 15) is 9.90 Å². The third-order valence-electron chi connectivity index (χ3n) is 6.02. The molecule has 1 atom stereocenters. The monoisotopic (exact) mass is 416 g/mol. The Morgan fingerprint density at radius 2 is 1.32 bits per heavy atom. The van der Waals surface area contributed by atoms with Crippen LogP contribution in [-0.2, 0) is 15.1 Å². The maximum atomic E-state index is 13.2. The van der Waals surface area contributed by atoms with Crippen LogP contribution < -0.4 is 11.1 Å². The van der Waals surface area contributed by atoms with E-state index in [2.05, 4.69) is 5.32 Å². The molecule has 4 rings (SSSR count). The molecule has 3 aromatic carbocycles. The first-order valence-corrected chi connectivity index (χ1v) is 10.6. The maximum absolute atomic E-state index is 13.2. The largest absolute Gasteiger partial charge is 0.383 e. The molecule has 1 fully saturated rings. The van der Waals surface area contributed by atoms with Crippen LogP contribution in [0.3, 0.4) is 0 Å². The molecule has 31 heavy (non-hydrogen) atoms. The molecule has 0 radical (unpaired) electrons. The van der Waals surface area contributed by atoms with Gasteiger partial charge >= 0.3 is 0 Å². The molecular weight excluding hydrogens is 388 g/mol. The summed E-state index contributed by atoms with van der Waals surface area (Å²) in [6, 6.07) is 29.4. The highest BCUT2D eigenvalue weighted by Gasteiger charge is 2.42. The molecule has 1 aliphatic heterocycles. The third kappa shape index (κ3) is 4.26.